The first-order valence-corrected chi connectivity index (χ1v) is 9.71. The lowest BCUT2D eigenvalue weighted by atomic mass is 10.2. The first kappa shape index (κ1) is 19.4. The molecule has 1 aliphatic heterocycles. The van der Waals surface area contributed by atoms with E-state index in [1.54, 1.807) is 6.07 Å². The number of halogens is 3. The van der Waals surface area contributed by atoms with E-state index in [2.05, 4.69) is 14.9 Å². The quantitative estimate of drug-likeness (QED) is 0.461. The van der Waals surface area contributed by atoms with Crippen LogP contribution in [0.5, 0.6) is 0 Å². The molecule has 0 bridgehead atoms. The van der Waals surface area contributed by atoms with Crippen LogP contribution in [0.2, 0.25) is 0 Å². The molecule has 0 unspecified atom stereocenters. The highest BCUT2D eigenvalue weighted by atomic mass is 32.1. The Bertz CT molecular complexity index is 1040. The summed E-state index contributed by atoms with van der Waals surface area (Å²) >= 11 is 1.40. The second-order valence-corrected chi connectivity index (χ2v) is 7.65. The van der Waals surface area contributed by atoms with Gasteiger partial charge >= 0.3 is 6.18 Å². The zero-order chi connectivity index (χ0) is 20.6. The summed E-state index contributed by atoms with van der Waals surface area (Å²) in [5, 5.41) is 11.7. The van der Waals surface area contributed by atoms with Gasteiger partial charge in [-0.25, -0.2) is 9.97 Å². The van der Waals surface area contributed by atoms with Crippen molar-refractivity contribution in [3.63, 3.8) is 0 Å². The molecule has 1 fully saturated rings. The Morgan fingerprint density at radius 3 is 2.52 bits per heavy atom. The van der Waals surface area contributed by atoms with Crippen molar-refractivity contribution in [2.24, 2.45) is 0 Å². The van der Waals surface area contributed by atoms with E-state index >= 15 is 0 Å². The molecule has 0 spiro atoms. The van der Waals surface area contributed by atoms with Gasteiger partial charge in [-0.2, -0.15) is 13.2 Å². The Balaban J connectivity index is 1.49. The number of anilines is 2. The third-order valence-electron chi connectivity index (χ3n) is 4.74. The summed E-state index contributed by atoms with van der Waals surface area (Å²) in [4.78, 5) is 23.1. The van der Waals surface area contributed by atoms with E-state index in [9.17, 15) is 23.3 Å². The molecule has 7 nitrogen and oxygen atoms in total. The van der Waals surface area contributed by atoms with E-state index in [0.29, 0.717) is 31.0 Å². The maximum Gasteiger partial charge on any atom is 0.417 e. The average Bonchev–Trinajstić information content (AvgIpc) is 2.95. The van der Waals surface area contributed by atoms with Crippen LogP contribution in [0, 0.1) is 10.1 Å². The number of aromatic nitrogens is 2. The summed E-state index contributed by atoms with van der Waals surface area (Å²) < 4.78 is 38.9. The molecule has 152 valence electrons. The monoisotopic (exact) mass is 423 g/mol. The highest BCUT2D eigenvalue weighted by molar-refractivity contribution is 7.22. The lowest BCUT2D eigenvalue weighted by Crippen LogP contribution is -2.31. The van der Waals surface area contributed by atoms with Gasteiger partial charge in [-0.3, -0.25) is 10.1 Å². The predicted molar refractivity (Wildman–Crippen MR) is 105 cm³/mol. The van der Waals surface area contributed by atoms with E-state index in [-0.39, 0.29) is 5.69 Å². The minimum absolute atomic E-state index is 0.0307. The Labute approximate surface area is 167 Å². The van der Waals surface area contributed by atoms with Crippen molar-refractivity contribution in [1.29, 1.82) is 0 Å². The number of nitrogens with zero attached hydrogens (tertiary/aromatic N) is 5. The number of thiazole rings is 1. The third-order valence-corrected chi connectivity index (χ3v) is 5.82. The van der Waals surface area contributed by atoms with Crippen LogP contribution in [0.25, 0.3) is 10.2 Å². The van der Waals surface area contributed by atoms with Gasteiger partial charge in [-0.15, -0.1) is 0 Å². The predicted octanol–water partition coefficient (Wildman–Crippen LogP) is 4.34. The Hall–Kier alpha value is -2.95. The van der Waals surface area contributed by atoms with E-state index < -0.39 is 16.7 Å². The smallest absolute Gasteiger partial charge is 0.355 e. The van der Waals surface area contributed by atoms with Crippen LogP contribution in [-0.2, 0) is 6.18 Å². The zero-order valence-corrected chi connectivity index (χ0v) is 15.9. The van der Waals surface area contributed by atoms with Crippen molar-refractivity contribution in [2.75, 3.05) is 36.0 Å². The van der Waals surface area contributed by atoms with Crippen molar-refractivity contribution in [3.8, 4) is 0 Å². The van der Waals surface area contributed by atoms with Crippen molar-refractivity contribution < 1.29 is 18.1 Å². The van der Waals surface area contributed by atoms with Gasteiger partial charge in [0.2, 0.25) is 0 Å². The number of rotatable bonds is 3. The lowest BCUT2D eigenvalue weighted by Gasteiger charge is -2.22. The van der Waals surface area contributed by atoms with Crippen molar-refractivity contribution in [1.82, 2.24) is 9.97 Å². The van der Waals surface area contributed by atoms with Gasteiger partial charge in [-0.05, 0) is 24.6 Å². The molecule has 1 aromatic carbocycles. The first-order valence-electron chi connectivity index (χ1n) is 8.89. The summed E-state index contributed by atoms with van der Waals surface area (Å²) in [5.74, 6) is 0.514. The number of alkyl halides is 3. The Morgan fingerprint density at radius 1 is 1.07 bits per heavy atom. The topological polar surface area (TPSA) is 75.4 Å². The molecule has 0 radical (unpaired) electrons. The van der Waals surface area contributed by atoms with Gasteiger partial charge in [0.25, 0.3) is 5.69 Å². The van der Waals surface area contributed by atoms with Crippen molar-refractivity contribution in [3.05, 3.63) is 52.2 Å². The van der Waals surface area contributed by atoms with Crippen LogP contribution in [0.4, 0.5) is 29.8 Å². The minimum Gasteiger partial charge on any atom is -0.355 e. The molecule has 29 heavy (non-hydrogen) atoms. The summed E-state index contributed by atoms with van der Waals surface area (Å²) in [6.45, 7) is 2.63. The third kappa shape index (κ3) is 4.09. The van der Waals surface area contributed by atoms with Gasteiger partial charge in [0.1, 0.15) is 5.82 Å². The minimum atomic E-state index is -4.40. The van der Waals surface area contributed by atoms with E-state index in [0.717, 1.165) is 35.1 Å². The van der Waals surface area contributed by atoms with Crippen molar-refractivity contribution in [2.45, 2.75) is 12.6 Å². The van der Waals surface area contributed by atoms with Crippen LogP contribution in [0.1, 0.15) is 12.0 Å². The molecular formula is C18H16F3N5O2S. The fraction of sp³-hybridized carbons (Fsp3) is 0.333. The van der Waals surface area contributed by atoms with E-state index in [1.807, 2.05) is 4.90 Å². The van der Waals surface area contributed by atoms with Crippen LogP contribution < -0.4 is 9.80 Å². The van der Waals surface area contributed by atoms with Gasteiger partial charge < -0.3 is 9.80 Å². The van der Waals surface area contributed by atoms with E-state index in [1.165, 1.54) is 29.5 Å². The number of nitro benzene ring substituents is 1. The zero-order valence-electron chi connectivity index (χ0n) is 15.1. The number of pyridine rings is 1. The molecule has 0 saturated carbocycles. The molecule has 2 aromatic heterocycles. The van der Waals surface area contributed by atoms with Crippen molar-refractivity contribution >= 4 is 38.2 Å². The molecule has 0 aliphatic carbocycles. The van der Waals surface area contributed by atoms with Crippen LogP contribution in [0.3, 0.4) is 0 Å². The fourth-order valence-electron chi connectivity index (χ4n) is 3.23. The van der Waals surface area contributed by atoms with Gasteiger partial charge in [0.15, 0.2) is 5.13 Å². The fourth-order valence-corrected chi connectivity index (χ4v) is 4.28. The largest absolute Gasteiger partial charge is 0.417 e. The standard InChI is InChI=1S/C18H16F3N5O2S/c19-18(20,21)12-2-5-16(22-11-12)24-6-1-7-25(9-8-24)17-23-14-4-3-13(26(27)28)10-15(14)29-17/h2-5,10-11H,1,6-9H2. The first-order chi connectivity index (χ1) is 13.8. The maximum atomic E-state index is 12.7. The van der Waals surface area contributed by atoms with E-state index in [4.69, 9.17) is 0 Å². The molecule has 0 atom stereocenters. The number of nitro groups is 1. The number of hydrogen-bond donors (Lipinski definition) is 0. The second-order valence-electron chi connectivity index (χ2n) is 6.64. The molecule has 1 saturated heterocycles. The molecule has 0 N–H and O–H groups in total. The number of non-ortho nitro benzene ring substituents is 1. The molecule has 11 heteroatoms. The van der Waals surface area contributed by atoms with Crippen LogP contribution in [-0.4, -0.2) is 41.1 Å². The number of fused-ring (bicyclic) bond motifs is 1. The lowest BCUT2D eigenvalue weighted by molar-refractivity contribution is -0.384. The normalized spacial score (nSPS) is 15.6. The molecule has 3 aromatic rings. The summed E-state index contributed by atoms with van der Waals surface area (Å²) in [5.41, 5.74) is -0.0227. The second kappa shape index (κ2) is 7.47. The average molecular weight is 423 g/mol. The highest BCUT2D eigenvalue weighted by Crippen LogP contribution is 2.32. The summed E-state index contributed by atoms with van der Waals surface area (Å²) in [6.07, 6.45) is -2.75. The molecule has 0 amide bonds. The molecular weight excluding hydrogens is 407 g/mol. The molecule has 1 aliphatic rings. The summed E-state index contributed by atoms with van der Waals surface area (Å²) in [7, 11) is 0. The van der Waals surface area contributed by atoms with Crippen LogP contribution in [0.15, 0.2) is 36.5 Å². The number of benzene rings is 1. The number of hydrogen-bond acceptors (Lipinski definition) is 7. The van der Waals surface area contributed by atoms with Gasteiger partial charge in [0, 0.05) is 44.5 Å². The van der Waals surface area contributed by atoms with Gasteiger partial charge in [-0.1, -0.05) is 11.3 Å². The van der Waals surface area contributed by atoms with Gasteiger partial charge in [0.05, 0.1) is 20.7 Å². The molecule has 3 heterocycles. The molecule has 4 rings (SSSR count). The SMILES string of the molecule is O=[N+]([O-])c1ccc2nc(N3CCCN(c4ccc(C(F)(F)F)cn4)CC3)sc2c1. The Kier molecular flexibility index (Phi) is 4.99. The maximum absolute atomic E-state index is 12.7. The Morgan fingerprint density at radius 2 is 1.83 bits per heavy atom. The summed E-state index contributed by atoms with van der Waals surface area (Å²) in [6, 6.07) is 7.05. The van der Waals surface area contributed by atoms with Crippen LogP contribution >= 0.6 is 11.3 Å². The highest BCUT2D eigenvalue weighted by Gasteiger charge is 2.31.